The monoisotopic (exact) mass is 240 g/mol. The average molecular weight is 240 g/mol. The van der Waals surface area contributed by atoms with Crippen LogP contribution in [0.1, 0.15) is 20.3 Å². The topological polar surface area (TPSA) is 86.7 Å². The fourth-order valence-corrected chi connectivity index (χ4v) is 2.23. The van der Waals surface area contributed by atoms with Gasteiger partial charge in [-0.25, -0.2) is 0 Å². The molecule has 17 heavy (non-hydrogen) atoms. The molecule has 2 aliphatic rings. The molecule has 0 unspecified atom stereocenters. The minimum atomic E-state index is -0.928. The molecule has 0 aromatic heterocycles. The van der Waals surface area contributed by atoms with Crippen molar-refractivity contribution in [3.05, 3.63) is 0 Å². The molecule has 0 aromatic rings. The van der Waals surface area contributed by atoms with E-state index in [1.54, 1.807) is 13.8 Å². The van der Waals surface area contributed by atoms with Gasteiger partial charge in [0.1, 0.15) is 5.54 Å². The molecule has 1 saturated carbocycles. The second-order valence-corrected chi connectivity index (χ2v) is 5.09. The zero-order valence-electron chi connectivity index (χ0n) is 9.90. The number of carboxylic acids is 1. The number of rotatable bonds is 2. The van der Waals surface area contributed by atoms with E-state index in [0.29, 0.717) is 19.5 Å². The normalized spacial score (nSPS) is 30.7. The van der Waals surface area contributed by atoms with Crippen LogP contribution in [0.4, 0.5) is 0 Å². The number of amides is 2. The Labute approximate surface area is 99.0 Å². The Morgan fingerprint density at radius 3 is 2.59 bits per heavy atom. The molecule has 6 heteroatoms. The lowest BCUT2D eigenvalue weighted by Crippen LogP contribution is -2.63. The van der Waals surface area contributed by atoms with Crippen LogP contribution in [-0.2, 0) is 14.4 Å². The zero-order valence-corrected chi connectivity index (χ0v) is 9.90. The Morgan fingerprint density at radius 2 is 2.06 bits per heavy atom. The van der Waals surface area contributed by atoms with Crippen LogP contribution in [0.15, 0.2) is 0 Å². The van der Waals surface area contributed by atoms with Gasteiger partial charge in [0.05, 0.1) is 11.8 Å². The van der Waals surface area contributed by atoms with Gasteiger partial charge in [-0.1, -0.05) is 0 Å². The molecular weight excluding hydrogens is 224 g/mol. The van der Waals surface area contributed by atoms with E-state index in [9.17, 15) is 14.4 Å². The molecule has 1 saturated heterocycles. The molecule has 1 heterocycles. The Bertz CT molecular complexity index is 391. The summed E-state index contributed by atoms with van der Waals surface area (Å²) in [5.41, 5.74) is -0.888. The quantitative estimate of drug-likeness (QED) is 0.677. The van der Waals surface area contributed by atoms with Crippen molar-refractivity contribution in [3.63, 3.8) is 0 Å². The van der Waals surface area contributed by atoms with Crippen molar-refractivity contribution in [2.75, 3.05) is 13.1 Å². The van der Waals surface area contributed by atoms with Gasteiger partial charge in [0.25, 0.3) is 0 Å². The molecule has 2 atom stereocenters. The molecule has 0 bridgehead atoms. The standard InChI is InChI=1S/C11H16N2O4/c1-11(2)10(17)12-3-4-13(11)8(14)6-5-7(6)9(15)16/h6-7H,3-5H2,1-2H3,(H,12,17)(H,15,16)/t6-,7+/m1/s1. The lowest BCUT2D eigenvalue weighted by atomic mass is 9.98. The fourth-order valence-electron chi connectivity index (χ4n) is 2.23. The molecule has 0 spiro atoms. The van der Waals surface area contributed by atoms with E-state index in [4.69, 9.17) is 5.11 Å². The molecule has 1 aliphatic heterocycles. The maximum Gasteiger partial charge on any atom is 0.307 e. The van der Waals surface area contributed by atoms with Crippen molar-refractivity contribution >= 4 is 17.8 Å². The van der Waals surface area contributed by atoms with Gasteiger partial charge in [-0.05, 0) is 20.3 Å². The molecule has 1 aliphatic carbocycles. The molecule has 94 valence electrons. The van der Waals surface area contributed by atoms with E-state index in [0.717, 1.165) is 0 Å². The SMILES string of the molecule is CC1(C)C(=O)NCCN1C(=O)[C@@H]1C[C@@H]1C(=O)O. The molecule has 2 N–H and O–H groups in total. The fraction of sp³-hybridized carbons (Fsp3) is 0.727. The van der Waals surface area contributed by atoms with Gasteiger partial charge in [-0.15, -0.1) is 0 Å². The number of aliphatic carboxylic acids is 1. The minimum Gasteiger partial charge on any atom is -0.481 e. The predicted octanol–water partition coefficient (Wildman–Crippen LogP) is -0.556. The molecule has 0 radical (unpaired) electrons. The highest BCUT2D eigenvalue weighted by molar-refractivity contribution is 5.95. The van der Waals surface area contributed by atoms with Crippen molar-refractivity contribution in [2.24, 2.45) is 11.8 Å². The van der Waals surface area contributed by atoms with Crippen molar-refractivity contribution in [2.45, 2.75) is 25.8 Å². The van der Waals surface area contributed by atoms with Gasteiger partial charge in [-0.3, -0.25) is 14.4 Å². The van der Waals surface area contributed by atoms with Crippen LogP contribution >= 0.6 is 0 Å². The van der Waals surface area contributed by atoms with Crippen LogP contribution in [0.3, 0.4) is 0 Å². The summed E-state index contributed by atoms with van der Waals surface area (Å²) in [4.78, 5) is 36.0. The first-order chi connectivity index (χ1) is 7.85. The van der Waals surface area contributed by atoms with Gasteiger partial charge in [0.2, 0.25) is 11.8 Å². The van der Waals surface area contributed by atoms with Gasteiger partial charge >= 0.3 is 5.97 Å². The van der Waals surface area contributed by atoms with Crippen LogP contribution in [0, 0.1) is 11.8 Å². The Morgan fingerprint density at radius 1 is 1.41 bits per heavy atom. The zero-order chi connectivity index (χ0) is 12.8. The number of hydrogen-bond donors (Lipinski definition) is 2. The minimum absolute atomic E-state index is 0.190. The lowest BCUT2D eigenvalue weighted by molar-refractivity contribution is -0.151. The first-order valence-electron chi connectivity index (χ1n) is 5.68. The third-order valence-corrected chi connectivity index (χ3v) is 3.54. The summed E-state index contributed by atoms with van der Waals surface area (Å²) >= 11 is 0. The average Bonchev–Trinajstić information content (AvgIpc) is 3.01. The summed E-state index contributed by atoms with van der Waals surface area (Å²) in [6, 6.07) is 0. The van der Waals surface area contributed by atoms with Gasteiger partial charge in [-0.2, -0.15) is 0 Å². The van der Waals surface area contributed by atoms with E-state index >= 15 is 0 Å². The summed E-state index contributed by atoms with van der Waals surface area (Å²) in [5.74, 6) is -2.34. The van der Waals surface area contributed by atoms with Crippen molar-refractivity contribution < 1.29 is 19.5 Å². The molecular formula is C11H16N2O4. The number of nitrogens with zero attached hydrogens (tertiary/aromatic N) is 1. The summed E-state index contributed by atoms with van der Waals surface area (Å²) in [5, 5.41) is 11.5. The van der Waals surface area contributed by atoms with Crippen LogP contribution in [-0.4, -0.2) is 46.4 Å². The third-order valence-electron chi connectivity index (χ3n) is 3.54. The second kappa shape index (κ2) is 3.72. The highest BCUT2D eigenvalue weighted by atomic mass is 16.4. The summed E-state index contributed by atoms with van der Waals surface area (Å²) < 4.78 is 0. The first-order valence-corrected chi connectivity index (χ1v) is 5.68. The largest absolute Gasteiger partial charge is 0.481 e. The summed E-state index contributed by atoms with van der Waals surface area (Å²) in [6.45, 7) is 4.23. The molecule has 6 nitrogen and oxygen atoms in total. The van der Waals surface area contributed by atoms with E-state index in [2.05, 4.69) is 5.32 Å². The third kappa shape index (κ3) is 1.87. The van der Waals surface area contributed by atoms with Crippen molar-refractivity contribution in [3.8, 4) is 0 Å². The highest BCUT2D eigenvalue weighted by Gasteiger charge is 2.53. The highest BCUT2D eigenvalue weighted by Crippen LogP contribution is 2.41. The summed E-state index contributed by atoms with van der Waals surface area (Å²) in [7, 11) is 0. The maximum absolute atomic E-state index is 12.1. The first kappa shape index (κ1) is 11.9. The maximum atomic E-state index is 12.1. The lowest BCUT2D eigenvalue weighted by Gasteiger charge is -2.41. The van der Waals surface area contributed by atoms with E-state index in [-0.39, 0.29) is 11.8 Å². The Balaban J connectivity index is 2.10. The predicted molar refractivity (Wildman–Crippen MR) is 58.0 cm³/mol. The number of nitrogens with one attached hydrogen (secondary N) is 1. The molecule has 2 fully saturated rings. The number of carbonyl (C=O) groups excluding carboxylic acids is 2. The molecule has 2 rings (SSSR count). The van der Waals surface area contributed by atoms with Crippen molar-refractivity contribution in [1.82, 2.24) is 10.2 Å². The summed E-state index contributed by atoms with van der Waals surface area (Å²) in [6.07, 6.45) is 0.391. The van der Waals surface area contributed by atoms with Crippen molar-refractivity contribution in [1.29, 1.82) is 0 Å². The smallest absolute Gasteiger partial charge is 0.307 e. The van der Waals surface area contributed by atoms with Gasteiger partial charge in [0.15, 0.2) is 0 Å². The molecule has 2 amide bonds. The Hall–Kier alpha value is -1.59. The van der Waals surface area contributed by atoms with E-state index in [1.165, 1.54) is 4.90 Å². The molecule has 0 aromatic carbocycles. The van der Waals surface area contributed by atoms with Gasteiger partial charge < -0.3 is 15.3 Å². The number of piperazine rings is 1. The Kier molecular flexibility index (Phi) is 2.60. The number of carboxylic acid groups (broad SMARTS) is 1. The second-order valence-electron chi connectivity index (χ2n) is 5.09. The van der Waals surface area contributed by atoms with Crippen LogP contribution < -0.4 is 5.32 Å². The van der Waals surface area contributed by atoms with E-state index < -0.39 is 23.3 Å². The number of hydrogen-bond acceptors (Lipinski definition) is 3. The van der Waals surface area contributed by atoms with Crippen LogP contribution in [0.25, 0.3) is 0 Å². The van der Waals surface area contributed by atoms with Gasteiger partial charge in [0, 0.05) is 13.1 Å². The van der Waals surface area contributed by atoms with Crippen LogP contribution in [0.2, 0.25) is 0 Å². The van der Waals surface area contributed by atoms with Crippen LogP contribution in [0.5, 0.6) is 0 Å². The number of carbonyl (C=O) groups is 3. The van der Waals surface area contributed by atoms with E-state index in [1.807, 2.05) is 0 Å².